The number of hydrogen-bond donors (Lipinski definition) is 2. The number of benzene rings is 3. The molecule has 2 N–H and O–H groups in total. The van der Waals surface area contributed by atoms with Gasteiger partial charge in [-0.1, -0.05) is 72.8 Å². The Morgan fingerprint density at radius 2 is 1.46 bits per heavy atom. The summed E-state index contributed by atoms with van der Waals surface area (Å²) in [6.07, 6.45) is 2.40. The third-order valence-corrected chi connectivity index (χ3v) is 7.97. The van der Waals surface area contributed by atoms with Gasteiger partial charge in [0.05, 0.1) is 4.90 Å². The monoisotopic (exact) mass is 519 g/mol. The van der Waals surface area contributed by atoms with Gasteiger partial charge >= 0.3 is 0 Å². The summed E-state index contributed by atoms with van der Waals surface area (Å²) < 4.78 is 27.5. The van der Waals surface area contributed by atoms with E-state index >= 15 is 0 Å². The fourth-order valence-corrected chi connectivity index (χ4v) is 5.32. The molecular weight excluding hydrogens is 486 g/mol. The zero-order valence-electron chi connectivity index (χ0n) is 21.0. The van der Waals surface area contributed by atoms with Gasteiger partial charge in [0.2, 0.25) is 21.8 Å². The molecule has 0 unspecified atom stereocenters. The SMILES string of the molecule is C[C@@H](C(=O)NCc1ccccc1)N(Cc1ccccc1)C(=O)CCc1ccc(S(=O)(=O)NC2CC2)cc1. The minimum Gasteiger partial charge on any atom is -0.350 e. The lowest BCUT2D eigenvalue weighted by molar-refractivity contribution is -0.140. The molecule has 1 fully saturated rings. The Morgan fingerprint density at radius 1 is 0.865 bits per heavy atom. The number of carbonyl (C=O) groups excluding carboxylic acids is 2. The maximum Gasteiger partial charge on any atom is 0.242 e. The van der Waals surface area contributed by atoms with E-state index in [4.69, 9.17) is 0 Å². The van der Waals surface area contributed by atoms with Crippen molar-refractivity contribution in [3.8, 4) is 0 Å². The quantitative estimate of drug-likeness (QED) is 0.381. The van der Waals surface area contributed by atoms with Crippen molar-refractivity contribution in [3.05, 3.63) is 102 Å². The molecule has 1 aliphatic carbocycles. The number of sulfonamides is 1. The maximum absolute atomic E-state index is 13.3. The average molecular weight is 520 g/mol. The highest BCUT2D eigenvalue weighted by Gasteiger charge is 2.28. The molecule has 3 aromatic carbocycles. The van der Waals surface area contributed by atoms with E-state index in [1.807, 2.05) is 60.7 Å². The maximum atomic E-state index is 13.3. The van der Waals surface area contributed by atoms with Gasteiger partial charge < -0.3 is 10.2 Å². The number of amides is 2. The molecule has 3 aromatic rings. The van der Waals surface area contributed by atoms with Crippen LogP contribution in [0, 0.1) is 0 Å². The van der Waals surface area contributed by atoms with Crippen LogP contribution in [-0.4, -0.2) is 37.2 Å². The fourth-order valence-electron chi connectivity index (χ4n) is 4.01. The van der Waals surface area contributed by atoms with Crippen LogP contribution in [0.1, 0.15) is 42.9 Å². The molecule has 37 heavy (non-hydrogen) atoms. The standard InChI is InChI=1S/C29H33N3O4S/c1-22(29(34)30-20-24-8-4-2-5-9-24)32(21-25-10-6-3-7-11-25)28(33)19-14-23-12-17-27(18-13-23)37(35,36)31-26-15-16-26/h2-13,17-18,22,26,31H,14-16,19-21H2,1H3,(H,30,34)/t22-/m0/s1. The van der Waals surface area contributed by atoms with Crippen LogP contribution in [0.15, 0.2) is 89.8 Å². The van der Waals surface area contributed by atoms with Gasteiger partial charge in [0, 0.05) is 25.6 Å². The molecule has 0 radical (unpaired) electrons. The molecule has 8 heteroatoms. The molecule has 0 spiro atoms. The summed E-state index contributed by atoms with van der Waals surface area (Å²) in [6.45, 7) is 2.46. The van der Waals surface area contributed by atoms with Crippen LogP contribution in [0.2, 0.25) is 0 Å². The summed E-state index contributed by atoms with van der Waals surface area (Å²) in [5, 5.41) is 2.94. The van der Waals surface area contributed by atoms with Crippen molar-refractivity contribution < 1.29 is 18.0 Å². The molecule has 2 amide bonds. The zero-order chi connectivity index (χ0) is 26.3. The molecular formula is C29H33N3O4S. The van der Waals surface area contributed by atoms with Crippen LogP contribution in [0.3, 0.4) is 0 Å². The first-order chi connectivity index (χ1) is 17.8. The average Bonchev–Trinajstić information content (AvgIpc) is 3.73. The summed E-state index contributed by atoms with van der Waals surface area (Å²) in [6, 6.07) is 25.3. The van der Waals surface area contributed by atoms with Gasteiger partial charge in [-0.3, -0.25) is 9.59 Å². The minimum absolute atomic E-state index is 0.0461. The van der Waals surface area contributed by atoms with Crippen LogP contribution in [-0.2, 0) is 39.1 Å². The molecule has 0 aromatic heterocycles. The Labute approximate surface area is 218 Å². The Hall–Kier alpha value is -3.49. The lowest BCUT2D eigenvalue weighted by Gasteiger charge is -2.29. The van der Waals surface area contributed by atoms with Crippen LogP contribution >= 0.6 is 0 Å². The van der Waals surface area contributed by atoms with E-state index in [0.717, 1.165) is 29.5 Å². The Morgan fingerprint density at radius 3 is 2.05 bits per heavy atom. The first-order valence-electron chi connectivity index (χ1n) is 12.6. The number of nitrogens with one attached hydrogen (secondary N) is 2. The third-order valence-electron chi connectivity index (χ3n) is 6.43. The second kappa shape index (κ2) is 12.2. The van der Waals surface area contributed by atoms with E-state index in [2.05, 4.69) is 10.0 Å². The zero-order valence-corrected chi connectivity index (χ0v) is 21.8. The van der Waals surface area contributed by atoms with Crippen molar-refractivity contribution in [3.63, 3.8) is 0 Å². The summed E-state index contributed by atoms with van der Waals surface area (Å²) >= 11 is 0. The topological polar surface area (TPSA) is 95.6 Å². The number of hydrogen-bond acceptors (Lipinski definition) is 4. The van der Waals surface area contributed by atoms with E-state index < -0.39 is 16.1 Å². The highest BCUT2D eigenvalue weighted by molar-refractivity contribution is 7.89. The molecule has 1 aliphatic rings. The predicted octanol–water partition coefficient (Wildman–Crippen LogP) is 3.79. The van der Waals surface area contributed by atoms with E-state index in [1.165, 1.54) is 0 Å². The Bertz CT molecular complexity index is 1290. The number of rotatable bonds is 12. The van der Waals surface area contributed by atoms with Crippen LogP contribution in [0.4, 0.5) is 0 Å². The second-order valence-electron chi connectivity index (χ2n) is 9.43. The molecule has 0 saturated heterocycles. The van der Waals surface area contributed by atoms with E-state index in [9.17, 15) is 18.0 Å². The van der Waals surface area contributed by atoms with Crippen LogP contribution in [0.25, 0.3) is 0 Å². The van der Waals surface area contributed by atoms with Gasteiger partial charge in [-0.05, 0) is 55.0 Å². The van der Waals surface area contributed by atoms with Gasteiger partial charge in [0.1, 0.15) is 6.04 Å². The van der Waals surface area contributed by atoms with E-state index in [1.54, 1.807) is 36.1 Å². The molecule has 194 valence electrons. The molecule has 0 aliphatic heterocycles. The summed E-state index contributed by atoms with van der Waals surface area (Å²) in [5.41, 5.74) is 2.79. The van der Waals surface area contributed by atoms with Crippen molar-refractivity contribution in [1.29, 1.82) is 0 Å². The highest BCUT2D eigenvalue weighted by atomic mass is 32.2. The smallest absolute Gasteiger partial charge is 0.242 e. The van der Waals surface area contributed by atoms with Crippen molar-refractivity contribution in [2.75, 3.05) is 0 Å². The predicted molar refractivity (Wildman–Crippen MR) is 143 cm³/mol. The largest absolute Gasteiger partial charge is 0.350 e. The normalized spacial score (nSPS) is 14.1. The van der Waals surface area contributed by atoms with Crippen molar-refractivity contribution >= 4 is 21.8 Å². The van der Waals surface area contributed by atoms with E-state index in [-0.39, 0.29) is 29.2 Å². The van der Waals surface area contributed by atoms with Gasteiger partial charge in [-0.2, -0.15) is 0 Å². The minimum atomic E-state index is -3.51. The summed E-state index contributed by atoms with van der Waals surface area (Å²) in [7, 11) is -3.51. The van der Waals surface area contributed by atoms with Crippen molar-refractivity contribution in [2.45, 2.75) is 62.7 Å². The van der Waals surface area contributed by atoms with Crippen LogP contribution in [0.5, 0.6) is 0 Å². The van der Waals surface area contributed by atoms with Gasteiger partial charge in [-0.15, -0.1) is 0 Å². The summed E-state index contributed by atoms with van der Waals surface area (Å²) in [5.74, 6) is -0.357. The summed E-state index contributed by atoms with van der Waals surface area (Å²) in [4.78, 5) is 28.1. The lowest BCUT2D eigenvalue weighted by Crippen LogP contribution is -2.47. The Kier molecular flexibility index (Phi) is 8.74. The first kappa shape index (κ1) is 26.6. The van der Waals surface area contributed by atoms with Crippen molar-refractivity contribution in [2.24, 2.45) is 0 Å². The van der Waals surface area contributed by atoms with Gasteiger partial charge in [0.15, 0.2) is 0 Å². The molecule has 7 nitrogen and oxygen atoms in total. The Balaban J connectivity index is 1.39. The number of carbonyl (C=O) groups is 2. The number of aryl methyl sites for hydroxylation is 1. The fraction of sp³-hybridized carbons (Fsp3) is 0.310. The van der Waals surface area contributed by atoms with E-state index in [0.29, 0.717) is 19.5 Å². The van der Waals surface area contributed by atoms with Gasteiger partial charge in [0.25, 0.3) is 0 Å². The molecule has 4 rings (SSSR count). The number of nitrogens with zero attached hydrogens (tertiary/aromatic N) is 1. The molecule has 0 heterocycles. The van der Waals surface area contributed by atoms with Crippen LogP contribution < -0.4 is 10.0 Å². The lowest BCUT2D eigenvalue weighted by atomic mass is 10.1. The highest BCUT2D eigenvalue weighted by Crippen LogP contribution is 2.22. The van der Waals surface area contributed by atoms with Crippen molar-refractivity contribution in [1.82, 2.24) is 14.9 Å². The second-order valence-corrected chi connectivity index (χ2v) is 11.1. The molecule has 1 atom stereocenters. The molecule has 0 bridgehead atoms. The third kappa shape index (κ3) is 7.74. The molecule has 1 saturated carbocycles. The van der Waals surface area contributed by atoms with Gasteiger partial charge in [-0.25, -0.2) is 13.1 Å². The first-order valence-corrected chi connectivity index (χ1v) is 14.1.